The van der Waals surface area contributed by atoms with Gasteiger partial charge in [0.2, 0.25) is 0 Å². The predicted octanol–water partition coefficient (Wildman–Crippen LogP) is 4.19. The molecule has 0 bridgehead atoms. The second-order valence-corrected chi connectivity index (χ2v) is 5.45. The van der Waals surface area contributed by atoms with Gasteiger partial charge in [-0.25, -0.2) is 4.39 Å². The standard InChI is InChI=1S/C16H14FN3S/c1-21-11-8-6-10(7-9-11)15-14(16(18)20-19-15)12-4-2-3-5-13(12)17/h2-9H,1H3,(H3,18,19,20). The topological polar surface area (TPSA) is 54.7 Å². The van der Waals surface area contributed by atoms with Crippen LogP contribution in [0.2, 0.25) is 0 Å². The first-order valence-corrected chi connectivity index (χ1v) is 7.66. The number of hydrogen-bond donors (Lipinski definition) is 2. The van der Waals surface area contributed by atoms with Crippen molar-refractivity contribution < 1.29 is 4.39 Å². The summed E-state index contributed by atoms with van der Waals surface area (Å²) in [5, 5.41) is 6.94. The maximum atomic E-state index is 14.0. The normalized spacial score (nSPS) is 10.8. The molecule has 0 amide bonds. The predicted molar refractivity (Wildman–Crippen MR) is 85.6 cm³/mol. The monoisotopic (exact) mass is 299 g/mol. The number of thioether (sulfide) groups is 1. The average Bonchev–Trinajstić information content (AvgIpc) is 2.89. The minimum Gasteiger partial charge on any atom is -0.382 e. The van der Waals surface area contributed by atoms with E-state index in [0.717, 1.165) is 11.3 Å². The number of benzene rings is 2. The van der Waals surface area contributed by atoms with Gasteiger partial charge < -0.3 is 5.73 Å². The van der Waals surface area contributed by atoms with E-state index in [1.165, 1.54) is 11.0 Å². The van der Waals surface area contributed by atoms with Crippen LogP contribution >= 0.6 is 11.8 Å². The Kier molecular flexibility index (Phi) is 3.66. The molecule has 3 nitrogen and oxygen atoms in total. The number of halogens is 1. The Morgan fingerprint density at radius 3 is 2.48 bits per heavy atom. The lowest BCUT2D eigenvalue weighted by Gasteiger charge is -2.06. The SMILES string of the molecule is CSc1ccc(-c2[nH]nc(N)c2-c2ccccc2F)cc1. The van der Waals surface area contributed by atoms with Crippen molar-refractivity contribution in [3.63, 3.8) is 0 Å². The first kappa shape index (κ1) is 13.7. The van der Waals surface area contributed by atoms with Gasteiger partial charge in [-0.2, -0.15) is 5.10 Å². The van der Waals surface area contributed by atoms with Crippen molar-refractivity contribution >= 4 is 17.6 Å². The molecule has 1 heterocycles. The van der Waals surface area contributed by atoms with Gasteiger partial charge in [-0.1, -0.05) is 30.3 Å². The van der Waals surface area contributed by atoms with Crippen molar-refractivity contribution in [2.45, 2.75) is 4.90 Å². The van der Waals surface area contributed by atoms with Gasteiger partial charge in [-0.05, 0) is 24.5 Å². The number of nitrogen functional groups attached to an aromatic ring is 1. The largest absolute Gasteiger partial charge is 0.382 e. The Bertz CT molecular complexity index is 765. The highest BCUT2D eigenvalue weighted by atomic mass is 32.2. The Labute approximate surface area is 126 Å². The first-order chi connectivity index (χ1) is 10.2. The second kappa shape index (κ2) is 5.61. The van der Waals surface area contributed by atoms with Crippen molar-refractivity contribution in [2.75, 3.05) is 12.0 Å². The molecule has 21 heavy (non-hydrogen) atoms. The summed E-state index contributed by atoms with van der Waals surface area (Å²) in [5.41, 5.74) is 8.63. The quantitative estimate of drug-likeness (QED) is 0.713. The molecule has 0 aliphatic carbocycles. The van der Waals surface area contributed by atoms with Gasteiger partial charge in [0.25, 0.3) is 0 Å². The number of aromatic nitrogens is 2. The molecule has 2 aromatic carbocycles. The minimum atomic E-state index is -0.312. The van der Waals surface area contributed by atoms with Gasteiger partial charge in [0.05, 0.1) is 11.3 Å². The lowest BCUT2D eigenvalue weighted by Crippen LogP contribution is -1.91. The van der Waals surface area contributed by atoms with Crippen molar-refractivity contribution in [1.29, 1.82) is 0 Å². The zero-order valence-electron chi connectivity index (χ0n) is 11.4. The van der Waals surface area contributed by atoms with E-state index in [4.69, 9.17) is 5.73 Å². The van der Waals surface area contributed by atoms with E-state index < -0.39 is 0 Å². The van der Waals surface area contributed by atoms with E-state index >= 15 is 0 Å². The minimum absolute atomic E-state index is 0.295. The molecule has 0 aliphatic heterocycles. The molecular weight excluding hydrogens is 285 g/mol. The maximum absolute atomic E-state index is 14.0. The highest BCUT2D eigenvalue weighted by Crippen LogP contribution is 2.36. The summed E-state index contributed by atoms with van der Waals surface area (Å²) in [6, 6.07) is 14.5. The molecule has 0 aliphatic rings. The highest BCUT2D eigenvalue weighted by molar-refractivity contribution is 7.98. The Morgan fingerprint density at radius 2 is 1.81 bits per heavy atom. The molecule has 0 saturated heterocycles. The fourth-order valence-corrected chi connectivity index (χ4v) is 2.67. The molecular formula is C16H14FN3S. The molecule has 0 spiro atoms. The molecule has 3 aromatic rings. The van der Waals surface area contributed by atoms with Crippen LogP contribution in [0.15, 0.2) is 53.4 Å². The molecule has 0 atom stereocenters. The number of nitrogens with two attached hydrogens (primary N) is 1. The molecule has 106 valence electrons. The molecule has 1 aromatic heterocycles. The van der Waals surface area contributed by atoms with E-state index in [1.807, 2.05) is 30.5 Å². The van der Waals surface area contributed by atoms with Gasteiger partial charge in [0, 0.05) is 16.0 Å². The number of nitrogens with zero attached hydrogens (tertiary/aromatic N) is 1. The summed E-state index contributed by atoms with van der Waals surface area (Å²) in [7, 11) is 0. The van der Waals surface area contributed by atoms with Crippen LogP contribution in [0.4, 0.5) is 10.2 Å². The third-order valence-electron chi connectivity index (χ3n) is 3.32. The first-order valence-electron chi connectivity index (χ1n) is 6.44. The van der Waals surface area contributed by atoms with Crippen molar-refractivity contribution in [3.8, 4) is 22.4 Å². The van der Waals surface area contributed by atoms with E-state index in [0.29, 0.717) is 16.9 Å². The Hall–Kier alpha value is -2.27. The zero-order valence-corrected chi connectivity index (χ0v) is 12.2. The average molecular weight is 299 g/mol. The second-order valence-electron chi connectivity index (χ2n) is 4.57. The maximum Gasteiger partial charge on any atom is 0.153 e. The third-order valence-corrected chi connectivity index (χ3v) is 4.06. The molecule has 5 heteroatoms. The lowest BCUT2D eigenvalue weighted by molar-refractivity contribution is 0.631. The number of nitrogens with one attached hydrogen (secondary N) is 1. The van der Waals surface area contributed by atoms with Crippen LogP contribution in [-0.2, 0) is 0 Å². The van der Waals surface area contributed by atoms with Crippen LogP contribution in [0.3, 0.4) is 0 Å². The van der Waals surface area contributed by atoms with Crippen LogP contribution in [0.25, 0.3) is 22.4 Å². The van der Waals surface area contributed by atoms with Gasteiger partial charge in [0.1, 0.15) is 5.82 Å². The van der Waals surface area contributed by atoms with Crippen LogP contribution in [0, 0.1) is 5.82 Å². The van der Waals surface area contributed by atoms with Crippen LogP contribution in [0.1, 0.15) is 0 Å². The van der Waals surface area contributed by atoms with Crippen LogP contribution in [0.5, 0.6) is 0 Å². The van der Waals surface area contributed by atoms with E-state index in [2.05, 4.69) is 10.2 Å². The van der Waals surface area contributed by atoms with Crippen molar-refractivity contribution in [2.24, 2.45) is 0 Å². The van der Waals surface area contributed by atoms with Crippen molar-refractivity contribution in [3.05, 3.63) is 54.3 Å². The number of H-pyrrole nitrogens is 1. The van der Waals surface area contributed by atoms with Crippen LogP contribution in [-0.4, -0.2) is 16.5 Å². The van der Waals surface area contributed by atoms with E-state index in [9.17, 15) is 4.39 Å². The van der Waals surface area contributed by atoms with Gasteiger partial charge >= 0.3 is 0 Å². The number of hydrogen-bond acceptors (Lipinski definition) is 3. The summed E-state index contributed by atoms with van der Waals surface area (Å²) in [5.74, 6) is -0.0170. The van der Waals surface area contributed by atoms with Gasteiger partial charge in [-0.3, -0.25) is 5.10 Å². The van der Waals surface area contributed by atoms with Gasteiger partial charge in [0.15, 0.2) is 5.82 Å². The summed E-state index contributed by atoms with van der Waals surface area (Å²) in [6.07, 6.45) is 2.02. The molecule has 3 rings (SSSR count). The Morgan fingerprint density at radius 1 is 1.10 bits per heavy atom. The zero-order chi connectivity index (χ0) is 14.8. The van der Waals surface area contributed by atoms with Crippen molar-refractivity contribution in [1.82, 2.24) is 10.2 Å². The highest BCUT2D eigenvalue weighted by Gasteiger charge is 2.17. The summed E-state index contributed by atoms with van der Waals surface area (Å²) >= 11 is 1.67. The Balaban J connectivity index is 2.15. The molecule has 3 N–H and O–H groups in total. The smallest absolute Gasteiger partial charge is 0.153 e. The fourth-order valence-electron chi connectivity index (χ4n) is 2.26. The van der Waals surface area contributed by atoms with Crippen LogP contribution < -0.4 is 5.73 Å². The number of anilines is 1. The third kappa shape index (κ3) is 2.52. The summed E-state index contributed by atoms with van der Waals surface area (Å²) in [6.45, 7) is 0. The number of rotatable bonds is 3. The molecule has 0 radical (unpaired) electrons. The van der Waals surface area contributed by atoms with E-state index in [1.54, 1.807) is 30.0 Å². The molecule has 0 unspecified atom stereocenters. The van der Waals surface area contributed by atoms with Gasteiger partial charge in [-0.15, -0.1) is 11.8 Å². The fraction of sp³-hybridized carbons (Fsp3) is 0.0625. The van der Waals surface area contributed by atoms with E-state index in [-0.39, 0.29) is 5.82 Å². The molecule has 0 fully saturated rings. The summed E-state index contributed by atoms with van der Waals surface area (Å²) in [4.78, 5) is 1.17. The summed E-state index contributed by atoms with van der Waals surface area (Å²) < 4.78 is 14.0. The lowest BCUT2D eigenvalue weighted by atomic mass is 10.0. The number of aromatic amines is 1. The molecule has 0 saturated carbocycles.